The summed E-state index contributed by atoms with van der Waals surface area (Å²) < 4.78 is 7.70. The molecule has 0 spiro atoms. The maximum atomic E-state index is 11.3. The van der Waals surface area contributed by atoms with E-state index < -0.39 is 11.7 Å². The second kappa shape index (κ2) is 7.97. The predicted molar refractivity (Wildman–Crippen MR) is 71.8 cm³/mol. The number of amides is 1. The van der Waals surface area contributed by atoms with Crippen LogP contribution >= 0.6 is 11.9 Å². The van der Waals surface area contributed by atoms with Gasteiger partial charge in [-0.05, 0) is 51.9 Å². The van der Waals surface area contributed by atoms with E-state index in [1.807, 2.05) is 51.1 Å². The Kier molecular flexibility index (Phi) is 7.41. The van der Waals surface area contributed by atoms with Crippen molar-refractivity contribution in [3.8, 4) is 0 Å². The van der Waals surface area contributed by atoms with Crippen molar-refractivity contribution in [3.05, 3.63) is 30.3 Å². The minimum Gasteiger partial charge on any atom is -0.443 e. The molecule has 3 N–H and O–H groups in total. The van der Waals surface area contributed by atoms with E-state index in [0.29, 0.717) is 0 Å². The average Bonchev–Trinajstić information content (AvgIpc) is 2.28. The third kappa shape index (κ3) is 8.59. The summed E-state index contributed by atoms with van der Waals surface area (Å²) >= 11 is 1.24. The van der Waals surface area contributed by atoms with Gasteiger partial charge in [0.15, 0.2) is 0 Å². The van der Waals surface area contributed by atoms with Gasteiger partial charge in [0, 0.05) is 4.90 Å². The number of carbonyl (C=O) groups excluding carboxylic acids is 1. The molecule has 17 heavy (non-hydrogen) atoms. The molecule has 0 bridgehead atoms. The van der Waals surface area contributed by atoms with Crippen LogP contribution in [0.1, 0.15) is 20.8 Å². The highest BCUT2D eigenvalue weighted by Gasteiger charge is 2.15. The van der Waals surface area contributed by atoms with Crippen molar-refractivity contribution in [3.63, 3.8) is 0 Å². The van der Waals surface area contributed by atoms with E-state index >= 15 is 0 Å². The second-order valence-corrected chi connectivity index (χ2v) is 4.90. The third-order valence-corrected chi connectivity index (χ3v) is 2.17. The van der Waals surface area contributed by atoms with Crippen LogP contribution in [0.25, 0.3) is 0 Å². The summed E-state index contributed by atoms with van der Waals surface area (Å²) in [6.07, 6.45) is -0.420. The number of hydrogen-bond donors (Lipinski definition) is 2. The smallest absolute Gasteiger partial charge is 0.418 e. The van der Waals surface area contributed by atoms with Gasteiger partial charge in [-0.15, -0.1) is 0 Å². The number of ether oxygens (including phenoxy) is 1. The molecule has 0 aromatic heterocycles. The minimum atomic E-state index is -0.457. The van der Waals surface area contributed by atoms with Crippen LogP contribution in [0.3, 0.4) is 0 Å². The Labute approximate surface area is 107 Å². The number of hydrogen-bond acceptors (Lipinski definition) is 4. The molecule has 0 saturated carbocycles. The third-order valence-electron chi connectivity index (χ3n) is 1.39. The lowest BCUT2D eigenvalue weighted by atomic mass is 10.2. The topological polar surface area (TPSA) is 64.3 Å². The summed E-state index contributed by atoms with van der Waals surface area (Å²) in [6.45, 7) is 5.50. The highest BCUT2D eigenvalue weighted by atomic mass is 32.2. The fourth-order valence-corrected chi connectivity index (χ4v) is 1.42. The lowest BCUT2D eigenvalue weighted by Gasteiger charge is -2.19. The fourth-order valence-electron chi connectivity index (χ4n) is 0.888. The van der Waals surface area contributed by atoms with Gasteiger partial charge in [-0.2, -0.15) is 0 Å². The molecular formula is C12H20N2O2S. The van der Waals surface area contributed by atoms with Gasteiger partial charge in [0.2, 0.25) is 0 Å². The molecular weight excluding hydrogens is 236 g/mol. The van der Waals surface area contributed by atoms with Crippen LogP contribution in [0, 0.1) is 0 Å². The van der Waals surface area contributed by atoms with Crippen molar-refractivity contribution in [2.24, 2.45) is 5.73 Å². The maximum absolute atomic E-state index is 11.3. The van der Waals surface area contributed by atoms with Crippen molar-refractivity contribution < 1.29 is 9.53 Å². The van der Waals surface area contributed by atoms with E-state index in [1.54, 1.807) is 0 Å². The van der Waals surface area contributed by atoms with Crippen LogP contribution in [0.2, 0.25) is 0 Å². The summed E-state index contributed by atoms with van der Waals surface area (Å²) in [5.41, 5.74) is 4.04. The first-order valence-corrected chi connectivity index (χ1v) is 6.08. The summed E-state index contributed by atoms with van der Waals surface area (Å²) in [7, 11) is 1.50. The Balaban J connectivity index is 0.00000121. The average molecular weight is 256 g/mol. The number of carbonyl (C=O) groups is 1. The zero-order valence-corrected chi connectivity index (χ0v) is 11.5. The van der Waals surface area contributed by atoms with Crippen LogP contribution in [-0.4, -0.2) is 18.7 Å². The standard InChI is InChI=1S/C11H15NO2S.CH5N/c1-11(2,3)14-10(13)12-15-9-7-5-4-6-8-9;1-2/h4-8H,1-3H3,(H,12,13);2H2,1H3. The lowest BCUT2D eigenvalue weighted by Crippen LogP contribution is -2.28. The molecule has 0 aliphatic carbocycles. The Morgan fingerprint density at radius 2 is 1.76 bits per heavy atom. The van der Waals surface area contributed by atoms with E-state index in [4.69, 9.17) is 4.74 Å². The number of nitrogens with one attached hydrogen (secondary N) is 1. The Morgan fingerprint density at radius 3 is 2.24 bits per heavy atom. The lowest BCUT2D eigenvalue weighted by molar-refractivity contribution is 0.0574. The van der Waals surface area contributed by atoms with Crippen LogP contribution in [0.15, 0.2) is 35.2 Å². The van der Waals surface area contributed by atoms with E-state index in [0.717, 1.165) is 4.90 Å². The van der Waals surface area contributed by atoms with Crippen LogP contribution < -0.4 is 10.5 Å². The van der Waals surface area contributed by atoms with E-state index in [9.17, 15) is 4.79 Å². The second-order valence-electron chi connectivity index (χ2n) is 4.02. The Morgan fingerprint density at radius 1 is 1.24 bits per heavy atom. The molecule has 0 aliphatic heterocycles. The molecule has 0 fully saturated rings. The van der Waals surface area contributed by atoms with Crippen molar-refractivity contribution in [1.29, 1.82) is 0 Å². The van der Waals surface area contributed by atoms with Crippen molar-refractivity contribution >= 4 is 18.0 Å². The number of rotatable bonds is 2. The highest BCUT2D eigenvalue weighted by Crippen LogP contribution is 2.14. The first kappa shape index (κ1) is 15.8. The summed E-state index contributed by atoms with van der Waals surface area (Å²) in [6, 6.07) is 9.60. The molecule has 0 aliphatic rings. The molecule has 1 aromatic carbocycles. The highest BCUT2D eigenvalue weighted by molar-refractivity contribution is 7.98. The van der Waals surface area contributed by atoms with E-state index in [1.165, 1.54) is 19.0 Å². The van der Waals surface area contributed by atoms with Crippen molar-refractivity contribution in [1.82, 2.24) is 4.72 Å². The largest absolute Gasteiger partial charge is 0.443 e. The zero-order chi connectivity index (χ0) is 13.3. The van der Waals surface area contributed by atoms with Gasteiger partial charge >= 0.3 is 6.09 Å². The molecule has 5 heteroatoms. The first-order valence-electron chi connectivity index (χ1n) is 5.26. The molecule has 0 heterocycles. The van der Waals surface area contributed by atoms with Gasteiger partial charge in [0.25, 0.3) is 0 Å². The molecule has 0 unspecified atom stereocenters. The fraction of sp³-hybridized carbons (Fsp3) is 0.417. The Hall–Kier alpha value is -1.20. The normalized spacial score (nSPS) is 9.94. The molecule has 96 valence electrons. The molecule has 1 aromatic rings. The van der Waals surface area contributed by atoms with Gasteiger partial charge in [-0.25, -0.2) is 4.79 Å². The minimum absolute atomic E-state index is 0.420. The SMILES string of the molecule is CC(C)(C)OC(=O)NSc1ccccc1.CN. The quantitative estimate of drug-likeness (QED) is 0.799. The van der Waals surface area contributed by atoms with Crippen molar-refractivity contribution in [2.45, 2.75) is 31.3 Å². The van der Waals surface area contributed by atoms with Crippen molar-refractivity contribution in [2.75, 3.05) is 7.05 Å². The molecule has 1 rings (SSSR count). The van der Waals surface area contributed by atoms with Crippen LogP contribution in [0.4, 0.5) is 4.79 Å². The number of benzene rings is 1. The summed E-state index contributed by atoms with van der Waals surface area (Å²) in [5, 5.41) is 0. The molecule has 0 radical (unpaired) electrons. The van der Waals surface area contributed by atoms with Gasteiger partial charge < -0.3 is 10.5 Å². The predicted octanol–water partition coefficient (Wildman–Crippen LogP) is 2.79. The molecule has 0 atom stereocenters. The number of nitrogens with two attached hydrogens (primary N) is 1. The summed E-state index contributed by atoms with van der Waals surface area (Å²) in [5.74, 6) is 0. The monoisotopic (exact) mass is 256 g/mol. The van der Waals surface area contributed by atoms with Gasteiger partial charge in [0.1, 0.15) is 5.60 Å². The summed E-state index contributed by atoms with van der Waals surface area (Å²) in [4.78, 5) is 12.3. The van der Waals surface area contributed by atoms with E-state index in [2.05, 4.69) is 10.5 Å². The van der Waals surface area contributed by atoms with E-state index in [-0.39, 0.29) is 0 Å². The Bertz CT molecular complexity index is 323. The molecule has 1 amide bonds. The first-order chi connectivity index (χ1) is 7.97. The zero-order valence-electron chi connectivity index (χ0n) is 10.7. The maximum Gasteiger partial charge on any atom is 0.418 e. The van der Waals surface area contributed by atoms with Crippen LogP contribution in [-0.2, 0) is 4.74 Å². The van der Waals surface area contributed by atoms with Gasteiger partial charge in [0.05, 0.1) is 0 Å². The van der Waals surface area contributed by atoms with Gasteiger partial charge in [-0.3, -0.25) is 4.72 Å². The molecule has 0 saturated heterocycles. The van der Waals surface area contributed by atoms with Gasteiger partial charge in [-0.1, -0.05) is 18.2 Å². The van der Waals surface area contributed by atoms with Crippen LogP contribution in [0.5, 0.6) is 0 Å². The molecule has 4 nitrogen and oxygen atoms in total.